The van der Waals surface area contributed by atoms with Crippen LogP contribution in [0.4, 0.5) is 0 Å². The Bertz CT molecular complexity index is 458. The Labute approximate surface area is 125 Å². The predicted octanol–water partition coefficient (Wildman–Crippen LogP) is 2.76. The van der Waals surface area contributed by atoms with Gasteiger partial charge in [0.1, 0.15) is 5.69 Å². The summed E-state index contributed by atoms with van der Waals surface area (Å²) < 4.78 is 1.66. The third-order valence-corrected chi connectivity index (χ3v) is 4.71. The predicted molar refractivity (Wildman–Crippen MR) is 81.1 cm³/mol. The van der Waals surface area contributed by atoms with Gasteiger partial charge in [-0.1, -0.05) is 19.8 Å². The highest BCUT2D eigenvalue weighted by atomic mass is 35.5. The van der Waals surface area contributed by atoms with Crippen molar-refractivity contribution < 1.29 is 4.79 Å². The molecule has 0 radical (unpaired) electrons. The van der Waals surface area contributed by atoms with E-state index in [1.165, 1.54) is 25.7 Å². The molecule has 1 amide bonds. The molecular formula is C15H24ClN3O. The van der Waals surface area contributed by atoms with E-state index >= 15 is 0 Å². The molecule has 20 heavy (non-hydrogen) atoms. The first-order chi connectivity index (χ1) is 9.65. The van der Waals surface area contributed by atoms with Gasteiger partial charge in [-0.2, -0.15) is 5.10 Å². The molecule has 0 saturated heterocycles. The minimum absolute atomic E-state index is 0.0291. The summed E-state index contributed by atoms with van der Waals surface area (Å²) in [6.45, 7) is 2.76. The molecule has 2 atom stereocenters. The Kier molecular flexibility index (Phi) is 5.46. The van der Waals surface area contributed by atoms with Crippen molar-refractivity contribution in [3.8, 4) is 0 Å². The normalized spacial score (nSPS) is 22.8. The molecule has 1 saturated carbocycles. The summed E-state index contributed by atoms with van der Waals surface area (Å²) in [5, 5.41) is 7.36. The fraction of sp³-hybridized carbons (Fsp3) is 0.733. The quantitative estimate of drug-likeness (QED) is 0.850. The molecule has 1 heterocycles. The van der Waals surface area contributed by atoms with Crippen molar-refractivity contribution in [1.29, 1.82) is 0 Å². The van der Waals surface area contributed by atoms with Gasteiger partial charge in [-0.25, -0.2) is 0 Å². The number of halogens is 1. The number of carbonyl (C=O) groups excluding carboxylic acids is 1. The van der Waals surface area contributed by atoms with Crippen LogP contribution in [0.2, 0.25) is 0 Å². The van der Waals surface area contributed by atoms with Crippen LogP contribution < -0.4 is 5.32 Å². The standard InChI is InChI=1S/C15H24ClN3O/c1-3-13-8-14(19(2)18-13)15(20)17-10-12-7-5-4-6-11(12)9-16/h8,11-12H,3-7,9-10H2,1-2H3,(H,17,20). The molecule has 2 unspecified atom stereocenters. The van der Waals surface area contributed by atoms with Crippen molar-refractivity contribution in [3.63, 3.8) is 0 Å². The number of rotatable bonds is 5. The molecule has 1 aromatic rings. The summed E-state index contributed by atoms with van der Waals surface area (Å²) in [5.41, 5.74) is 1.59. The number of aromatic nitrogens is 2. The van der Waals surface area contributed by atoms with Gasteiger partial charge < -0.3 is 5.32 Å². The first-order valence-electron chi connectivity index (χ1n) is 7.52. The van der Waals surface area contributed by atoms with E-state index in [4.69, 9.17) is 11.6 Å². The van der Waals surface area contributed by atoms with Gasteiger partial charge in [0.25, 0.3) is 5.91 Å². The molecule has 5 heteroatoms. The van der Waals surface area contributed by atoms with Crippen LogP contribution in [0, 0.1) is 11.8 Å². The lowest BCUT2D eigenvalue weighted by Gasteiger charge is -2.30. The molecule has 0 aliphatic heterocycles. The van der Waals surface area contributed by atoms with Crippen molar-refractivity contribution in [3.05, 3.63) is 17.5 Å². The van der Waals surface area contributed by atoms with Gasteiger partial charge in [0.2, 0.25) is 0 Å². The first-order valence-corrected chi connectivity index (χ1v) is 8.06. The summed E-state index contributed by atoms with van der Waals surface area (Å²) in [4.78, 5) is 12.2. The van der Waals surface area contributed by atoms with E-state index in [1.54, 1.807) is 4.68 Å². The van der Waals surface area contributed by atoms with Crippen molar-refractivity contribution in [2.24, 2.45) is 18.9 Å². The van der Waals surface area contributed by atoms with Crippen molar-refractivity contribution in [1.82, 2.24) is 15.1 Å². The molecule has 4 nitrogen and oxygen atoms in total. The van der Waals surface area contributed by atoms with Gasteiger partial charge in [-0.05, 0) is 37.2 Å². The average Bonchev–Trinajstić information content (AvgIpc) is 2.86. The van der Waals surface area contributed by atoms with Gasteiger partial charge in [-0.3, -0.25) is 9.48 Å². The lowest BCUT2D eigenvalue weighted by atomic mass is 9.80. The third-order valence-electron chi connectivity index (χ3n) is 4.31. The summed E-state index contributed by atoms with van der Waals surface area (Å²) in [6.07, 6.45) is 5.72. The van der Waals surface area contributed by atoms with E-state index in [-0.39, 0.29) is 5.91 Å². The third kappa shape index (κ3) is 3.54. The number of amides is 1. The Balaban J connectivity index is 1.92. The Morgan fingerprint density at radius 1 is 1.45 bits per heavy atom. The van der Waals surface area contributed by atoms with Gasteiger partial charge in [0.15, 0.2) is 0 Å². The zero-order chi connectivity index (χ0) is 14.5. The number of alkyl halides is 1. The Morgan fingerprint density at radius 3 is 2.75 bits per heavy atom. The van der Waals surface area contributed by atoms with E-state index in [2.05, 4.69) is 10.4 Å². The Morgan fingerprint density at radius 2 is 2.15 bits per heavy atom. The summed E-state index contributed by atoms with van der Waals surface area (Å²) in [5.74, 6) is 1.73. The van der Waals surface area contributed by atoms with Gasteiger partial charge in [0.05, 0.1) is 5.69 Å². The lowest BCUT2D eigenvalue weighted by Crippen LogP contribution is -2.35. The number of carbonyl (C=O) groups is 1. The number of nitrogens with zero attached hydrogens (tertiary/aromatic N) is 2. The van der Waals surface area contributed by atoms with E-state index in [0.29, 0.717) is 23.4 Å². The SMILES string of the molecule is CCc1cc(C(=O)NCC2CCCCC2CCl)n(C)n1. The summed E-state index contributed by atoms with van der Waals surface area (Å²) >= 11 is 6.03. The largest absolute Gasteiger partial charge is 0.350 e. The molecule has 0 aromatic carbocycles. The smallest absolute Gasteiger partial charge is 0.269 e. The molecule has 1 fully saturated rings. The second-order valence-corrected chi connectivity index (χ2v) is 5.98. The zero-order valence-corrected chi connectivity index (χ0v) is 13.1. The van der Waals surface area contributed by atoms with E-state index < -0.39 is 0 Å². The molecule has 0 spiro atoms. The molecule has 1 aliphatic rings. The van der Waals surface area contributed by atoms with Crippen LogP contribution >= 0.6 is 11.6 Å². The molecule has 112 valence electrons. The summed E-state index contributed by atoms with van der Waals surface area (Å²) in [6, 6.07) is 1.87. The van der Waals surface area contributed by atoms with Gasteiger partial charge >= 0.3 is 0 Å². The maximum atomic E-state index is 12.2. The van der Waals surface area contributed by atoms with Crippen molar-refractivity contribution in [2.75, 3.05) is 12.4 Å². The van der Waals surface area contributed by atoms with Crippen molar-refractivity contribution >= 4 is 17.5 Å². The van der Waals surface area contributed by atoms with Gasteiger partial charge in [0, 0.05) is 19.5 Å². The number of nitrogens with one attached hydrogen (secondary N) is 1. The fourth-order valence-electron chi connectivity index (χ4n) is 2.98. The maximum Gasteiger partial charge on any atom is 0.269 e. The highest BCUT2D eigenvalue weighted by molar-refractivity contribution is 6.18. The van der Waals surface area contributed by atoms with Gasteiger partial charge in [-0.15, -0.1) is 11.6 Å². The van der Waals surface area contributed by atoms with Crippen LogP contribution in [0.25, 0.3) is 0 Å². The number of hydrogen-bond donors (Lipinski definition) is 1. The van der Waals surface area contributed by atoms with Crippen LogP contribution in [0.1, 0.15) is 48.8 Å². The highest BCUT2D eigenvalue weighted by Gasteiger charge is 2.25. The summed E-state index contributed by atoms with van der Waals surface area (Å²) in [7, 11) is 1.82. The number of hydrogen-bond acceptors (Lipinski definition) is 2. The highest BCUT2D eigenvalue weighted by Crippen LogP contribution is 2.30. The van der Waals surface area contributed by atoms with Crippen LogP contribution in [-0.2, 0) is 13.5 Å². The monoisotopic (exact) mass is 297 g/mol. The van der Waals surface area contributed by atoms with E-state index in [0.717, 1.165) is 18.7 Å². The zero-order valence-electron chi connectivity index (χ0n) is 12.4. The molecule has 1 N–H and O–H groups in total. The maximum absolute atomic E-state index is 12.2. The van der Waals surface area contributed by atoms with E-state index in [9.17, 15) is 4.79 Å². The Hall–Kier alpha value is -1.03. The molecule has 0 bridgehead atoms. The lowest BCUT2D eigenvalue weighted by molar-refractivity contribution is 0.0927. The van der Waals surface area contributed by atoms with Crippen LogP contribution in [0.5, 0.6) is 0 Å². The van der Waals surface area contributed by atoms with Crippen molar-refractivity contribution in [2.45, 2.75) is 39.0 Å². The number of aryl methyl sites for hydroxylation is 2. The molecule has 2 rings (SSSR count). The molecule has 1 aliphatic carbocycles. The van der Waals surface area contributed by atoms with E-state index in [1.807, 2.05) is 20.0 Å². The first kappa shape index (κ1) is 15.4. The second-order valence-electron chi connectivity index (χ2n) is 5.67. The minimum Gasteiger partial charge on any atom is -0.350 e. The molecule has 1 aromatic heterocycles. The second kappa shape index (κ2) is 7.11. The van der Waals surface area contributed by atoms with Crippen LogP contribution in [-0.4, -0.2) is 28.1 Å². The average molecular weight is 298 g/mol. The molecular weight excluding hydrogens is 274 g/mol. The van der Waals surface area contributed by atoms with Crippen LogP contribution in [0.15, 0.2) is 6.07 Å². The van der Waals surface area contributed by atoms with Crippen LogP contribution in [0.3, 0.4) is 0 Å². The minimum atomic E-state index is -0.0291. The topological polar surface area (TPSA) is 46.9 Å². The fourth-order valence-corrected chi connectivity index (χ4v) is 3.39.